The minimum Gasteiger partial charge on any atom is -0.379 e. The van der Waals surface area contributed by atoms with Crippen molar-refractivity contribution in [1.29, 1.82) is 0 Å². The Labute approximate surface area is 96.3 Å². The van der Waals surface area contributed by atoms with Gasteiger partial charge in [0.1, 0.15) is 0 Å². The summed E-state index contributed by atoms with van der Waals surface area (Å²) in [5.41, 5.74) is 0. The summed E-state index contributed by atoms with van der Waals surface area (Å²) < 4.78 is 31.5. The summed E-state index contributed by atoms with van der Waals surface area (Å²) in [4.78, 5) is 0. The molecule has 0 fully saturated rings. The Morgan fingerprint density at radius 2 is 1.67 bits per heavy atom. The molecule has 6 heteroatoms. The van der Waals surface area contributed by atoms with Gasteiger partial charge >= 0.3 is 0 Å². The third kappa shape index (κ3) is 14.2. The third-order valence-electron chi connectivity index (χ3n) is 1.75. The number of hydrogen-bond donors (Lipinski definition) is 0. The number of halogens is 1. The van der Waals surface area contributed by atoms with Crippen LogP contribution in [0.5, 0.6) is 0 Å². The maximum absolute atomic E-state index is 10.6. The van der Waals surface area contributed by atoms with Crippen molar-refractivity contribution < 1.29 is 17.9 Å². The minimum atomic E-state index is -3.32. The lowest BCUT2D eigenvalue weighted by atomic mass is 10.3. The predicted molar refractivity (Wildman–Crippen MR) is 60.8 cm³/mol. The number of unbranched alkanes of at least 4 members (excludes halogenated alkanes) is 2. The zero-order valence-electron chi connectivity index (χ0n) is 9.08. The second-order valence-electron chi connectivity index (χ2n) is 3.11. The van der Waals surface area contributed by atoms with Gasteiger partial charge in [-0.2, -0.15) is 0 Å². The zero-order valence-corrected chi connectivity index (χ0v) is 10.6. The van der Waals surface area contributed by atoms with Gasteiger partial charge in [0.15, 0.2) is 0 Å². The standard InChI is InChI=1S/C9H19ClO4S/c1-2-13-7-8-14-6-4-3-5-9-15(10,11)12/h2-9H2,1H3. The normalized spacial score (nSPS) is 11.9. The van der Waals surface area contributed by atoms with Crippen LogP contribution in [-0.2, 0) is 18.5 Å². The predicted octanol–water partition coefficient (Wildman–Crippen LogP) is 1.78. The molecular weight excluding hydrogens is 240 g/mol. The summed E-state index contributed by atoms with van der Waals surface area (Å²) in [6.07, 6.45) is 2.28. The van der Waals surface area contributed by atoms with Gasteiger partial charge in [0.2, 0.25) is 9.05 Å². The van der Waals surface area contributed by atoms with Crippen molar-refractivity contribution in [2.75, 3.05) is 32.2 Å². The molecule has 4 nitrogen and oxygen atoms in total. The van der Waals surface area contributed by atoms with Gasteiger partial charge in [-0.25, -0.2) is 8.42 Å². The number of hydrogen-bond acceptors (Lipinski definition) is 4. The van der Waals surface area contributed by atoms with Gasteiger partial charge in [-0.1, -0.05) is 6.42 Å². The van der Waals surface area contributed by atoms with Gasteiger partial charge in [0.25, 0.3) is 0 Å². The number of rotatable bonds is 10. The van der Waals surface area contributed by atoms with E-state index in [9.17, 15) is 8.42 Å². The van der Waals surface area contributed by atoms with Gasteiger partial charge in [0, 0.05) is 23.9 Å². The SMILES string of the molecule is CCOCCOCCCCCS(=O)(=O)Cl. The molecule has 0 aromatic heterocycles. The molecule has 0 aliphatic heterocycles. The molecule has 0 saturated carbocycles. The molecule has 0 radical (unpaired) electrons. The van der Waals surface area contributed by atoms with E-state index in [1.54, 1.807) is 0 Å². The van der Waals surface area contributed by atoms with Gasteiger partial charge in [-0.3, -0.25) is 0 Å². The van der Waals surface area contributed by atoms with Crippen molar-refractivity contribution >= 4 is 19.7 Å². The monoisotopic (exact) mass is 258 g/mol. The van der Waals surface area contributed by atoms with E-state index in [0.29, 0.717) is 32.8 Å². The second kappa shape index (κ2) is 9.39. The van der Waals surface area contributed by atoms with Crippen molar-refractivity contribution in [3.63, 3.8) is 0 Å². The molecule has 92 valence electrons. The highest BCUT2D eigenvalue weighted by Crippen LogP contribution is 2.03. The Balaban J connectivity index is 3.06. The lowest BCUT2D eigenvalue weighted by molar-refractivity contribution is 0.0514. The molecule has 0 aromatic carbocycles. The molecule has 0 spiro atoms. The van der Waals surface area contributed by atoms with E-state index in [-0.39, 0.29) is 5.75 Å². The van der Waals surface area contributed by atoms with E-state index in [1.807, 2.05) is 6.92 Å². The topological polar surface area (TPSA) is 52.6 Å². The highest BCUT2D eigenvalue weighted by Gasteiger charge is 2.03. The van der Waals surface area contributed by atoms with Crippen molar-refractivity contribution in [2.45, 2.75) is 26.2 Å². The maximum Gasteiger partial charge on any atom is 0.232 e. The van der Waals surface area contributed by atoms with Crippen molar-refractivity contribution in [3.8, 4) is 0 Å². The molecule has 0 heterocycles. The van der Waals surface area contributed by atoms with Crippen LogP contribution in [0.3, 0.4) is 0 Å². The summed E-state index contributed by atoms with van der Waals surface area (Å²) in [6, 6.07) is 0. The van der Waals surface area contributed by atoms with Crippen molar-refractivity contribution in [1.82, 2.24) is 0 Å². The molecule has 0 aromatic rings. The fraction of sp³-hybridized carbons (Fsp3) is 1.00. The Morgan fingerprint density at radius 1 is 1.00 bits per heavy atom. The van der Waals surface area contributed by atoms with Crippen LogP contribution in [0, 0.1) is 0 Å². The zero-order chi connectivity index (χ0) is 11.6. The molecule has 0 aliphatic carbocycles. The summed E-state index contributed by atoms with van der Waals surface area (Å²) in [5, 5.41) is 0. The second-order valence-corrected chi connectivity index (χ2v) is 6.01. The average Bonchev–Trinajstić information content (AvgIpc) is 2.14. The molecule has 0 atom stereocenters. The fourth-order valence-corrected chi connectivity index (χ4v) is 1.90. The maximum atomic E-state index is 10.6. The van der Waals surface area contributed by atoms with E-state index in [0.717, 1.165) is 12.8 Å². The van der Waals surface area contributed by atoms with Gasteiger partial charge in [-0.15, -0.1) is 0 Å². The first-order valence-electron chi connectivity index (χ1n) is 5.14. The highest BCUT2D eigenvalue weighted by molar-refractivity contribution is 8.13. The summed E-state index contributed by atoms with van der Waals surface area (Å²) in [7, 11) is 1.74. The lowest BCUT2D eigenvalue weighted by Gasteiger charge is -2.03. The van der Waals surface area contributed by atoms with Crippen LogP contribution in [0.25, 0.3) is 0 Å². The van der Waals surface area contributed by atoms with Gasteiger partial charge in [0.05, 0.1) is 19.0 Å². The summed E-state index contributed by atoms with van der Waals surface area (Å²) >= 11 is 0. The van der Waals surface area contributed by atoms with Crippen LogP contribution >= 0.6 is 10.7 Å². The average molecular weight is 259 g/mol. The smallest absolute Gasteiger partial charge is 0.232 e. The van der Waals surface area contributed by atoms with E-state index in [1.165, 1.54) is 0 Å². The first-order chi connectivity index (χ1) is 7.06. The molecule has 15 heavy (non-hydrogen) atoms. The van der Waals surface area contributed by atoms with Gasteiger partial charge < -0.3 is 9.47 Å². The third-order valence-corrected chi connectivity index (χ3v) is 2.99. The Morgan fingerprint density at radius 3 is 2.27 bits per heavy atom. The highest BCUT2D eigenvalue weighted by atomic mass is 35.7. The first kappa shape index (κ1) is 15.2. The fourth-order valence-electron chi connectivity index (χ4n) is 1.02. The van der Waals surface area contributed by atoms with Crippen LogP contribution in [0.2, 0.25) is 0 Å². The summed E-state index contributed by atoms with van der Waals surface area (Å²) in [5.74, 6) is 0.0491. The molecule has 0 unspecified atom stereocenters. The van der Waals surface area contributed by atoms with E-state index >= 15 is 0 Å². The largest absolute Gasteiger partial charge is 0.379 e. The van der Waals surface area contributed by atoms with Crippen LogP contribution in [0.1, 0.15) is 26.2 Å². The molecular formula is C9H19ClO4S. The lowest BCUT2D eigenvalue weighted by Crippen LogP contribution is -2.05. The summed E-state index contributed by atoms with van der Waals surface area (Å²) in [6.45, 7) is 4.51. The molecule has 0 N–H and O–H groups in total. The van der Waals surface area contributed by atoms with Crippen molar-refractivity contribution in [3.05, 3.63) is 0 Å². The van der Waals surface area contributed by atoms with Crippen LogP contribution < -0.4 is 0 Å². The molecule has 0 bridgehead atoms. The molecule has 0 amide bonds. The molecule has 0 rings (SSSR count). The van der Waals surface area contributed by atoms with E-state index in [2.05, 4.69) is 0 Å². The van der Waals surface area contributed by atoms with Crippen LogP contribution in [0.4, 0.5) is 0 Å². The Kier molecular flexibility index (Phi) is 9.49. The Hall–Kier alpha value is 0.160. The Bertz CT molecular complexity index is 228. The molecule has 0 aliphatic rings. The number of ether oxygens (including phenoxy) is 2. The van der Waals surface area contributed by atoms with Crippen molar-refractivity contribution in [2.24, 2.45) is 0 Å². The minimum absolute atomic E-state index is 0.0491. The van der Waals surface area contributed by atoms with E-state index in [4.69, 9.17) is 20.2 Å². The van der Waals surface area contributed by atoms with Crippen LogP contribution in [0.15, 0.2) is 0 Å². The first-order valence-corrected chi connectivity index (χ1v) is 7.62. The van der Waals surface area contributed by atoms with Crippen LogP contribution in [-0.4, -0.2) is 40.6 Å². The van der Waals surface area contributed by atoms with Gasteiger partial charge in [-0.05, 0) is 19.8 Å². The van der Waals surface area contributed by atoms with E-state index < -0.39 is 9.05 Å². The molecule has 0 saturated heterocycles. The quantitative estimate of drug-likeness (QED) is 0.443.